The molecule has 28 heavy (non-hydrogen) atoms. The molecule has 1 atom stereocenters. The number of amides is 1. The van der Waals surface area contributed by atoms with E-state index in [1.54, 1.807) is 14.2 Å². The second kappa shape index (κ2) is 9.10. The topological polar surface area (TPSA) is 76.8 Å². The molecule has 1 saturated carbocycles. The first-order valence-electron chi connectivity index (χ1n) is 9.74. The van der Waals surface area contributed by atoms with Crippen LogP contribution in [0.1, 0.15) is 55.1 Å². The van der Waals surface area contributed by atoms with Crippen molar-refractivity contribution >= 4 is 5.91 Å². The third kappa shape index (κ3) is 4.84. The van der Waals surface area contributed by atoms with Gasteiger partial charge in [-0.2, -0.15) is 0 Å². The van der Waals surface area contributed by atoms with Gasteiger partial charge in [-0.05, 0) is 32.3 Å². The van der Waals surface area contributed by atoms with Gasteiger partial charge < -0.3 is 19.2 Å². The van der Waals surface area contributed by atoms with E-state index in [-0.39, 0.29) is 11.9 Å². The van der Waals surface area contributed by atoms with Gasteiger partial charge in [-0.3, -0.25) is 9.69 Å². The summed E-state index contributed by atoms with van der Waals surface area (Å²) in [6, 6.07) is 6.48. The summed E-state index contributed by atoms with van der Waals surface area (Å²) in [5, 5.41) is 2.91. The van der Waals surface area contributed by atoms with E-state index in [1.807, 2.05) is 32.0 Å². The number of nitrogens with zero attached hydrogens (tertiary/aromatic N) is 2. The van der Waals surface area contributed by atoms with Crippen molar-refractivity contribution in [2.75, 3.05) is 14.2 Å². The van der Waals surface area contributed by atoms with Gasteiger partial charge in [-0.25, -0.2) is 4.98 Å². The fourth-order valence-corrected chi connectivity index (χ4v) is 3.11. The van der Waals surface area contributed by atoms with Gasteiger partial charge in [0.1, 0.15) is 6.26 Å². The Morgan fingerprint density at radius 1 is 1.32 bits per heavy atom. The molecule has 0 saturated heterocycles. The third-order valence-electron chi connectivity index (χ3n) is 5.03. The van der Waals surface area contributed by atoms with Gasteiger partial charge in [0.05, 0.1) is 20.8 Å². The van der Waals surface area contributed by atoms with Gasteiger partial charge in [0, 0.05) is 24.2 Å². The lowest BCUT2D eigenvalue weighted by Crippen LogP contribution is -2.32. The molecule has 1 aromatic heterocycles. The molecule has 7 nitrogen and oxygen atoms in total. The van der Waals surface area contributed by atoms with Gasteiger partial charge in [-0.1, -0.05) is 19.1 Å². The minimum Gasteiger partial charge on any atom is -0.493 e. The summed E-state index contributed by atoms with van der Waals surface area (Å²) in [5.41, 5.74) is 1.38. The first kappa shape index (κ1) is 20.2. The summed E-state index contributed by atoms with van der Waals surface area (Å²) in [5.74, 6) is 1.81. The van der Waals surface area contributed by atoms with Crippen LogP contribution < -0.4 is 14.8 Å². The summed E-state index contributed by atoms with van der Waals surface area (Å²) in [6.07, 6.45) is 4.60. The summed E-state index contributed by atoms with van der Waals surface area (Å²) in [6.45, 7) is 5.23. The maximum absolute atomic E-state index is 12.2. The van der Waals surface area contributed by atoms with E-state index in [0.717, 1.165) is 36.3 Å². The van der Waals surface area contributed by atoms with Crippen LogP contribution in [0, 0.1) is 0 Å². The Morgan fingerprint density at radius 2 is 2.11 bits per heavy atom. The highest BCUT2D eigenvalue weighted by molar-refractivity contribution is 5.92. The number of carbonyl (C=O) groups excluding carboxylic acids is 1. The van der Waals surface area contributed by atoms with Crippen LogP contribution in [-0.4, -0.2) is 42.1 Å². The van der Waals surface area contributed by atoms with Crippen LogP contribution >= 0.6 is 0 Å². The average Bonchev–Trinajstić information content (AvgIpc) is 3.45. The minimum atomic E-state index is -0.197. The normalized spacial score (nSPS) is 14.8. The second-order valence-electron chi connectivity index (χ2n) is 7.20. The SMILES string of the molecule is CCC(C)NC(=O)c1coc(CN(Cc2cccc(OC)c2OC)C2CC2)n1. The molecule has 1 heterocycles. The largest absolute Gasteiger partial charge is 0.493 e. The average molecular weight is 387 g/mol. The van der Waals surface area contributed by atoms with Crippen molar-refractivity contribution in [3.05, 3.63) is 41.6 Å². The number of benzene rings is 1. The van der Waals surface area contributed by atoms with E-state index in [1.165, 1.54) is 6.26 Å². The van der Waals surface area contributed by atoms with Crippen LogP contribution in [0.15, 0.2) is 28.9 Å². The van der Waals surface area contributed by atoms with Gasteiger partial charge in [0.2, 0.25) is 5.89 Å². The lowest BCUT2D eigenvalue weighted by molar-refractivity contribution is 0.0934. The molecule has 1 N–H and O–H groups in total. The maximum Gasteiger partial charge on any atom is 0.273 e. The molecule has 0 aliphatic heterocycles. The molecule has 1 aliphatic carbocycles. The lowest BCUT2D eigenvalue weighted by atomic mass is 10.1. The van der Waals surface area contributed by atoms with Crippen LogP contribution in [0.4, 0.5) is 0 Å². The molecular weight excluding hydrogens is 358 g/mol. The molecule has 1 fully saturated rings. The summed E-state index contributed by atoms with van der Waals surface area (Å²) in [7, 11) is 3.29. The van der Waals surface area contributed by atoms with Gasteiger partial charge >= 0.3 is 0 Å². The number of methoxy groups -OCH3 is 2. The Hall–Kier alpha value is -2.54. The van der Waals surface area contributed by atoms with Crippen molar-refractivity contribution in [1.29, 1.82) is 0 Å². The van der Waals surface area contributed by atoms with Crippen molar-refractivity contribution in [2.45, 2.75) is 58.3 Å². The van der Waals surface area contributed by atoms with Gasteiger partial charge in [-0.15, -0.1) is 0 Å². The van der Waals surface area contributed by atoms with Crippen LogP contribution in [0.2, 0.25) is 0 Å². The Bertz CT molecular complexity index is 801. The number of aromatic nitrogens is 1. The van der Waals surface area contributed by atoms with Crippen LogP contribution in [-0.2, 0) is 13.1 Å². The predicted molar refractivity (Wildman–Crippen MR) is 106 cm³/mol. The number of nitrogens with one attached hydrogen (secondary N) is 1. The van der Waals surface area contributed by atoms with E-state index in [2.05, 4.69) is 15.2 Å². The summed E-state index contributed by atoms with van der Waals surface area (Å²) >= 11 is 0. The fourth-order valence-electron chi connectivity index (χ4n) is 3.11. The lowest BCUT2D eigenvalue weighted by Gasteiger charge is -2.22. The highest BCUT2D eigenvalue weighted by Crippen LogP contribution is 2.35. The molecular formula is C21H29N3O4. The molecule has 0 spiro atoms. The van der Waals surface area contributed by atoms with Crippen molar-refractivity contribution in [2.24, 2.45) is 0 Å². The monoisotopic (exact) mass is 387 g/mol. The van der Waals surface area contributed by atoms with Crippen molar-refractivity contribution in [1.82, 2.24) is 15.2 Å². The molecule has 0 bridgehead atoms. The van der Waals surface area contributed by atoms with Crippen LogP contribution in [0.25, 0.3) is 0 Å². The molecule has 1 aliphatic rings. The molecule has 3 rings (SSSR count). The van der Waals surface area contributed by atoms with E-state index >= 15 is 0 Å². The number of carbonyl (C=O) groups is 1. The third-order valence-corrected chi connectivity index (χ3v) is 5.03. The van der Waals surface area contributed by atoms with Gasteiger partial charge in [0.15, 0.2) is 17.2 Å². The maximum atomic E-state index is 12.2. The van der Waals surface area contributed by atoms with Crippen LogP contribution in [0.3, 0.4) is 0 Å². The van der Waals surface area contributed by atoms with Crippen molar-refractivity contribution < 1.29 is 18.7 Å². The Morgan fingerprint density at radius 3 is 2.75 bits per heavy atom. The van der Waals surface area contributed by atoms with Gasteiger partial charge in [0.25, 0.3) is 5.91 Å². The molecule has 7 heteroatoms. The van der Waals surface area contributed by atoms with E-state index in [9.17, 15) is 4.79 Å². The molecule has 1 unspecified atom stereocenters. The van der Waals surface area contributed by atoms with Crippen LogP contribution in [0.5, 0.6) is 11.5 Å². The molecule has 1 aromatic carbocycles. The van der Waals surface area contributed by atoms with Crippen molar-refractivity contribution in [3.8, 4) is 11.5 Å². The smallest absolute Gasteiger partial charge is 0.273 e. The molecule has 1 amide bonds. The standard InChI is InChI=1S/C21H29N3O4/c1-5-14(2)22-21(25)17-13-28-19(23-17)12-24(16-9-10-16)11-15-7-6-8-18(26-3)20(15)27-4/h6-8,13-14,16H,5,9-12H2,1-4H3,(H,22,25). The first-order chi connectivity index (χ1) is 13.5. The number of hydrogen-bond donors (Lipinski definition) is 1. The fraction of sp³-hybridized carbons (Fsp3) is 0.524. The predicted octanol–water partition coefficient (Wildman–Crippen LogP) is 3.38. The summed E-state index contributed by atoms with van der Waals surface area (Å²) in [4.78, 5) is 18.9. The van der Waals surface area contributed by atoms with E-state index in [4.69, 9.17) is 13.9 Å². The number of hydrogen-bond acceptors (Lipinski definition) is 6. The molecule has 152 valence electrons. The van der Waals surface area contributed by atoms with E-state index < -0.39 is 0 Å². The quantitative estimate of drug-likeness (QED) is 0.673. The zero-order chi connectivity index (χ0) is 20.1. The van der Waals surface area contributed by atoms with Crippen molar-refractivity contribution in [3.63, 3.8) is 0 Å². The minimum absolute atomic E-state index is 0.108. The molecule has 2 aromatic rings. The summed E-state index contributed by atoms with van der Waals surface area (Å²) < 4.78 is 16.5. The number of para-hydroxylation sites is 1. The first-order valence-corrected chi connectivity index (χ1v) is 9.74. The highest BCUT2D eigenvalue weighted by Gasteiger charge is 2.31. The highest BCUT2D eigenvalue weighted by atomic mass is 16.5. The Labute approximate surface area is 166 Å². The number of rotatable bonds is 10. The zero-order valence-electron chi connectivity index (χ0n) is 17.0. The Balaban J connectivity index is 1.71. The molecule has 0 radical (unpaired) electrons. The van der Waals surface area contributed by atoms with E-state index in [0.29, 0.717) is 30.7 Å². The number of ether oxygens (including phenoxy) is 2. The second-order valence-corrected chi connectivity index (χ2v) is 7.20. The zero-order valence-corrected chi connectivity index (χ0v) is 17.0. The Kier molecular flexibility index (Phi) is 6.57. The number of oxazole rings is 1.